The summed E-state index contributed by atoms with van der Waals surface area (Å²) in [7, 11) is -3.52. The Morgan fingerprint density at radius 3 is 2.25 bits per heavy atom. The fourth-order valence-electron chi connectivity index (χ4n) is 3.62. The van der Waals surface area contributed by atoms with Crippen molar-refractivity contribution in [2.24, 2.45) is 0 Å². The van der Waals surface area contributed by atoms with Gasteiger partial charge < -0.3 is 19.4 Å². The molecular formula is C23H30N4O4S. The van der Waals surface area contributed by atoms with Gasteiger partial charge in [0.1, 0.15) is 5.52 Å². The first-order valence-corrected chi connectivity index (χ1v) is 12.2. The number of morpholine rings is 1. The molecule has 2 N–H and O–H groups in total. The third-order valence-electron chi connectivity index (χ3n) is 5.35. The zero-order valence-corrected chi connectivity index (χ0v) is 19.9. The van der Waals surface area contributed by atoms with Crippen molar-refractivity contribution < 1.29 is 17.6 Å². The second-order valence-electron chi connectivity index (χ2n) is 9.25. The predicted molar refractivity (Wildman–Crippen MR) is 128 cm³/mol. The summed E-state index contributed by atoms with van der Waals surface area (Å²) in [5, 5.41) is 3.17. The van der Waals surface area contributed by atoms with Crippen LogP contribution in [0.5, 0.6) is 0 Å². The number of sulfonamides is 1. The lowest BCUT2D eigenvalue weighted by atomic mass is 10.2. The molecule has 1 saturated heterocycles. The Kier molecular flexibility index (Phi) is 5.81. The van der Waals surface area contributed by atoms with Crippen molar-refractivity contribution in [3.8, 4) is 0 Å². The molecule has 0 radical (unpaired) electrons. The van der Waals surface area contributed by atoms with Crippen molar-refractivity contribution >= 4 is 44.2 Å². The molecule has 1 fully saturated rings. The highest BCUT2D eigenvalue weighted by molar-refractivity contribution is 7.94. The van der Waals surface area contributed by atoms with Crippen LogP contribution in [-0.4, -0.2) is 43.4 Å². The molecular weight excluding hydrogens is 428 g/mol. The number of hydrogen-bond acceptors (Lipinski definition) is 7. The van der Waals surface area contributed by atoms with Crippen LogP contribution in [0.3, 0.4) is 0 Å². The topological polar surface area (TPSA) is 96.7 Å². The number of anilines is 4. The van der Waals surface area contributed by atoms with Crippen molar-refractivity contribution in [3.05, 3.63) is 42.5 Å². The number of nitrogens with zero attached hydrogens (tertiary/aromatic N) is 2. The van der Waals surface area contributed by atoms with Crippen molar-refractivity contribution in [1.82, 2.24) is 4.98 Å². The highest BCUT2D eigenvalue weighted by atomic mass is 32.2. The van der Waals surface area contributed by atoms with E-state index in [0.717, 1.165) is 24.5 Å². The van der Waals surface area contributed by atoms with E-state index < -0.39 is 14.8 Å². The molecule has 1 aliphatic heterocycles. The van der Waals surface area contributed by atoms with E-state index in [1.54, 1.807) is 39.0 Å². The van der Waals surface area contributed by atoms with Crippen LogP contribution in [0.4, 0.5) is 23.1 Å². The van der Waals surface area contributed by atoms with E-state index in [-0.39, 0.29) is 12.2 Å². The summed E-state index contributed by atoms with van der Waals surface area (Å²) < 4.78 is 38.1. The van der Waals surface area contributed by atoms with Gasteiger partial charge in [0.15, 0.2) is 5.58 Å². The lowest BCUT2D eigenvalue weighted by Gasteiger charge is -2.36. The van der Waals surface area contributed by atoms with E-state index >= 15 is 0 Å². The van der Waals surface area contributed by atoms with Gasteiger partial charge in [0.2, 0.25) is 10.0 Å². The second-order valence-corrected chi connectivity index (χ2v) is 11.7. The number of benzene rings is 2. The molecule has 3 aromatic rings. The number of nitrogens with one attached hydrogen (secondary N) is 2. The van der Waals surface area contributed by atoms with Crippen LogP contribution in [-0.2, 0) is 14.8 Å². The number of hydrogen-bond donors (Lipinski definition) is 2. The Bertz CT molecular complexity index is 1190. The Labute approximate surface area is 189 Å². The molecule has 0 saturated carbocycles. The molecule has 0 bridgehead atoms. The summed E-state index contributed by atoms with van der Waals surface area (Å²) in [5.41, 5.74) is 3.57. The van der Waals surface area contributed by atoms with Crippen LogP contribution in [0.1, 0.15) is 34.6 Å². The van der Waals surface area contributed by atoms with Crippen LogP contribution in [0.25, 0.3) is 11.1 Å². The Balaban J connectivity index is 1.47. The van der Waals surface area contributed by atoms with E-state index in [0.29, 0.717) is 22.8 Å². The molecule has 0 unspecified atom stereocenters. The Morgan fingerprint density at radius 1 is 1.00 bits per heavy atom. The normalized spacial score (nSPS) is 19.8. The summed E-state index contributed by atoms with van der Waals surface area (Å²) in [4.78, 5) is 6.77. The van der Waals surface area contributed by atoms with Gasteiger partial charge in [0.25, 0.3) is 6.01 Å². The van der Waals surface area contributed by atoms with E-state index in [1.165, 1.54) is 0 Å². The molecule has 0 aliphatic carbocycles. The average Bonchev–Trinajstić information content (AvgIpc) is 3.08. The molecule has 172 valence electrons. The second kappa shape index (κ2) is 8.29. The molecule has 9 heteroatoms. The van der Waals surface area contributed by atoms with E-state index in [9.17, 15) is 8.42 Å². The summed E-state index contributed by atoms with van der Waals surface area (Å²) >= 11 is 0. The molecule has 8 nitrogen and oxygen atoms in total. The minimum atomic E-state index is -3.52. The predicted octanol–water partition coefficient (Wildman–Crippen LogP) is 4.73. The summed E-state index contributed by atoms with van der Waals surface area (Å²) in [5.74, 6) is 0. The highest BCUT2D eigenvalue weighted by Crippen LogP contribution is 2.28. The number of fused-ring (bicyclic) bond motifs is 1. The summed E-state index contributed by atoms with van der Waals surface area (Å²) in [6.45, 7) is 10.9. The smallest absolute Gasteiger partial charge is 0.300 e. The first kappa shape index (κ1) is 22.4. The van der Waals surface area contributed by atoms with Crippen molar-refractivity contribution in [2.45, 2.75) is 51.6 Å². The minimum absolute atomic E-state index is 0.203. The molecule has 2 heterocycles. The van der Waals surface area contributed by atoms with Gasteiger partial charge in [-0.15, -0.1) is 0 Å². The Morgan fingerprint density at radius 2 is 1.62 bits per heavy atom. The molecule has 1 aromatic heterocycles. The summed E-state index contributed by atoms with van der Waals surface area (Å²) in [6.07, 6.45) is 0.406. The maximum Gasteiger partial charge on any atom is 0.300 e. The molecule has 2 atom stereocenters. The van der Waals surface area contributed by atoms with Gasteiger partial charge in [0.05, 0.1) is 22.6 Å². The van der Waals surface area contributed by atoms with Gasteiger partial charge in [-0.2, -0.15) is 4.98 Å². The van der Waals surface area contributed by atoms with Crippen molar-refractivity contribution in [2.75, 3.05) is 28.0 Å². The van der Waals surface area contributed by atoms with E-state index in [2.05, 4.69) is 45.9 Å². The fraction of sp³-hybridized carbons (Fsp3) is 0.435. The highest BCUT2D eigenvalue weighted by Gasteiger charge is 2.29. The van der Waals surface area contributed by atoms with E-state index in [4.69, 9.17) is 9.15 Å². The monoisotopic (exact) mass is 458 g/mol. The lowest BCUT2D eigenvalue weighted by Crippen LogP contribution is -2.45. The van der Waals surface area contributed by atoms with E-state index in [1.807, 2.05) is 12.1 Å². The van der Waals surface area contributed by atoms with Gasteiger partial charge in [-0.25, -0.2) is 8.42 Å². The van der Waals surface area contributed by atoms with Crippen LogP contribution in [0.15, 0.2) is 46.9 Å². The van der Waals surface area contributed by atoms with Gasteiger partial charge in [0, 0.05) is 30.5 Å². The number of ether oxygens (including phenoxy) is 1. The number of oxazole rings is 1. The first-order valence-electron chi connectivity index (χ1n) is 10.7. The SMILES string of the molecule is C[C@@H]1CN(c2ccc(Nc3nc4ccc(NS(=O)(=O)C(C)(C)C)cc4o3)cc2)C[C@H](C)O1. The first-order chi connectivity index (χ1) is 15.0. The number of aromatic nitrogens is 1. The summed E-state index contributed by atoms with van der Waals surface area (Å²) in [6, 6.07) is 13.5. The minimum Gasteiger partial charge on any atom is -0.423 e. The average molecular weight is 459 g/mol. The van der Waals surface area contributed by atoms with Crippen molar-refractivity contribution in [1.29, 1.82) is 0 Å². The van der Waals surface area contributed by atoms with Gasteiger partial charge in [-0.05, 0) is 71.0 Å². The molecule has 0 amide bonds. The van der Waals surface area contributed by atoms with Crippen LogP contribution in [0, 0.1) is 0 Å². The van der Waals surface area contributed by atoms with Gasteiger partial charge >= 0.3 is 0 Å². The third kappa shape index (κ3) is 4.83. The third-order valence-corrected chi connectivity index (χ3v) is 7.47. The fourth-order valence-corrected chi connectivity index (χ4v) is 4.36. The van der Waals surface area contributed by atoms with Crippen LogP contribution in [0.2, 0.25) is 0 Å². The maximum absolute atomic E-state index is 12.4. The Hall–Kier alpha value is -2.78. The van der Waals surface area contributed by atoms with Crippen molar-refractivity contribution in [3.63, 3.8) is 0 Å². The standard InChI is InChI=1S/C23H30N4O4S/c1-15-13-27(14-16(2)30-15)19-9-6-17(7-10-19)24-22-25-20-11-8-18(12-21(20)31-22)26-32(28,29)23(3,4)5/h6-12,15-16,26H,13-14H2,1-5H3,(H,24,25)/t15-,16+. The molecule has 4 rings (SSSR count). The quantitative estimate of drug-likeness (QED) is 0.571. The van der Waals surface area contributed by atoms with Crippen LogP contribution >= 0.6 is 0 Å². The zero-order chi connectivity index (χ0) is 23.1. The molecule has 32 heavy (non-hydrogen) atoms. The van der Waals surface area contributed by atoms with Gasteiger partial charge in [-0.3, -0.25) is 4.72 Å². The van der Waals surface area contributed by atoms with Crippen LogP contribution < -0.4 is 14.9 Å². The number of rotatable bonds is 5. The lowest BCUT2D eigenvalue weighted by molar-refractivity contribution is -0.00521. The largest absolute Gasteiger partial charge is 0.423 e. The molecule has 1 aliphatic rings. The maximum atomic E-state index is 12.4. The zero-order valence-electron chi connectivity index (χ0n) is 19.0. The molecule has 0 spiro atoms. The van der Waals surface area contributed by atoms with Gasteiger partial charge in [-0.1, -0.05) is 0 Å². The molecule has 2 aromatic carbocycles.